The highest BCUT2D eigenvalue weighted by molar-refractivity contribution is 9.10. The summed E-state index contributed by atoms with van der Waals surface area (Å²) in [5.41, 5.74) is 0.0104. The highest BCUT2D eigenvalue weighted by Crippen LogP contribution is 2.49. The van der Waals surface area contributed by atoms with Crippen molar-refractivity contribution in [2.24, 2.45) is 0 Å². The lowest BCUT2D eigenvalue weighted by molar-refractivity contribution is -0.0779. The number of ether oxygens (including phenoxy) is 1. The molecule has 2 nitrogen and oxygen atoms in total. The molecule has 0 fully saturated rings. The van der Waals surface area contributed by atoms with Gasteiger partial charge in [-0.2, -0.15) is 17.6 Å². The van der Waals surface area contributed by atoms with Gasteiger partial charge in [0.2, 0.25) is 0 Å². The Hall–Kier alpha value is -0.760. The van der Waals surface area contributed by atoms with Crippen LogP contribution in [0.2, 0.25) is 0 Å². The molecule has 0 radical (unpaired) electrons. The molecule has 0 bridgehead atoms. The fourth-order valence-electron chi connectivity index (χ4n) is 1.01. The first kappa shape index (κ1) is 15.3. The summed E-state index contributed by atoms with van der Waals surface area (Å²) in [6, 6.07) is 4.89. The van der Waals surface area contributed by atoms with Crippen molar-refractivity contribution in [3.8, 4) is 0 Å². The lowest BCUT2D eigenvalue weighted by Gasteiger charge is -2.20. The molecule has 0 spiro atoms. The Bertz CT molecular complexity index is 448. The molecule has 18 heavy (non-hydrogen) atoms. The molecule has 100 valence electrons. The molecule has 0 aromatic heterocycles. The molecular weight excluding hydrogens is 340 g/mol. The van der Waals surface area contributed by atoms with Crippen LogP contribution in [0.15, 0.2) is 29.2 Å². The van der Waals surface area contributed by atoms with Crippen molar-refractivity contribution in [1.82, 2.24) is 0 Å². The molecular formula is C10H7BrF4O2S. The normalized spacial score (nSPS) is 12.3. The topological polar surface area (TPSA) is 26.3 Å². The van der Waals surface area contributed by atoms with E-state index in [2.05, 4.69) is 4.74 Å². The highest BCUT2D eigenvalue weighted by Gasteiger charge is 2.55. The first-order chi connectivity index (χ1) is 8.17. The molecule has 0 aliphatic rings. The molecule has 1 aromatic rings. The lowest BCUT2D eigenvalue weighted by atomic mass is 10.2. The number of esters is 1. The number of alkyl halides is 5. The van der Waals surface area contributed by atoms with E-state index in [1.807, 2.05) is 0 Å². The van der Waals surface area contributed by atoms with E-state index in [-0.39, 0.29) is 22.2 Å². The van der Waals surface area contributed by atoms with Gasteiger partial charge in [-0.25, -0.2) is 4.79 Å². The van der Waals surface area contributed by atoms with Gasteiger partial charge in [0.1, 0.15) is 0 Å². The van der Waals surface area contributed by atoms with Crippen molar-refractivity contribution in [3.05, 3.63) is 29.8 Å². The minimum Gasteiger partial charge on any atom is -0.465 e. The summed E-state index contributed by atoms with van der Waals surface area (Å²) < 4.78 is 55.7. The largest absolute Gasteiger partial charge is 0.465 e. The van der Waals surface area contributed by atoms with Crippen LogP contribution in [-0.4, -0.2) is 23.2 Å². The zero-order valence-electron chi connectivity index (χ0n) is 8.92. The number of carbonyl (C=O) groups excluding carboxylic acids is 1. The number of hydrogen-bond acceptors (Lipinski definition) is 3. The van der Waals surface area contributed by atoms with Gasteiger partial charge in [-0.05, 0) is 45.9 Å². The van der Waals surface area contributed by atoms with E-state index in [4.69, 9.17) is 0 Å². The van der Waals surface area contributed by atoms with Crippen LogP contribution >= 0.6 is 27.7 Å². The van der Waals surface area contributed by atoms with E-state index in [0.29, 0.717) is 0 Å². The second-order valence-electron chi connectivity index (χ2n) is 3.14. The molecule has 0 heterocycles. The predicted octanol–water partition coefficient (Wildman–Crippen LogP) is 4.15. The van der Waals surface area contributed by atoms with Crippen molar-refractivity contribution in [2.45, 2.75) is 15.0 Å². The van der Waals surface area contributed by atoms with E-state index in [0.717, 1.165) is 13.2 Å². The first-order valence-corrected chi connectivity index (χ1v) is 6.10. The van der Waals surface area contributed by atoms with E-state index in [1.165, 1.54) is 18.2 Å². The van der Waals surface area contributed by atoms with Crippen molar-refractivity contribution < 1.29 is 27.1 Å². The molecule has 0 saturated carbocycles. The van der Waals surface area contributed by atoms with Crippen LogP contribution in [0.25, 0.3) is 0 Å². The number of methoxy groups -OCH3 is 1. The molecule has 1 rings (SSSR count). The van der Waals surface area contributed by atoms with Crippen LogP contribution in [0.3, 0.4) is 0 Å². The van der Waals surface area contributed by atoms with Gasteiger partial charge in [-0.15, -0.1) is 0 Å². The maximum Gasteiger partial charge on any atom is 0.373 e. The zero-order valence-corrected chi connectivity index (χ0v) is 11.3. The quantitative estimate of drug-likeness (QED) is 0.354. The average molecular weight is 347 g/mol. The number of benzene rings is 1. The van der Waals surface area contributed by atoms with Gasteiger partial charge in [-0.1, -0.05) is 6.07 Å². The fraction of sp³-hybridized carbons (Fsp3) is 0.300. The van der Waals surface area contributed by atoms with Crippen LogP contribution in [-0.2, 0) is 4.74 Å². The second kappa shape index (κ2) is 5.48. The Labute approximate surface area is 113 Å². The van der Waals surface area contributed by atoms with Crippen molar-refractivity contribution in [3.63, 3.8) is 0 Å². The number of halogens is 5. The molecule has 1 aromatic carbocycles. The fourth-order valence-corrected chi connectivity index (χ4v) is 2.00. The molecule has 0 unspecified atom stereocenters. The maximum absolute atomic E-state index is 13.1. The van der Waals surface area contributed by atoms with Gasteiger partial charge in [-0.3, -0.25) is 0 Å². The van der Waals surface area contributed by atoms with Gasteiger partial charge in [0, 0.05) is 4.90 Å². The smallest absolute Gasteiger partial charge is 0.373 e. The third kappa shape index (κ3) is 3.61. The van der Waals surface area contributed by atoms with E-state index in [9.17, 15) is 22.4 Å². The number of thioether (sulfide) groups is 1. The Morgan fingerprint density at radius 1 is 1.33 bits per heavy atom. The third-order valence-corrected chi connectivity index (χ3v) is 3.59. The minimum absolute atomic E-state index is 0.0104. The number of rotatable bonds is 4. The average Bonchev–Trinajstić information content (AvgIpc) is 2.26. The minimum atomic E-state index is -4.34. The summed E-state index contributed by atoms with van der Waals surface area (Å²) in [6.07, 6.45) is 0. The van der Waals surface area contributed by atoms with Gasteiger partial charge >= 0.3 is 16.1 Å². The second-order valence-corrected chi connectivity index (χ2v) is 5.32. The summed E-state index contributed by atoms with van der Waals surface area (Å²) in [4.78, 5) is 6.65. The van der Waals surface area contributed by atoms with Crippen molar-refractivity contribution in [2.75, 3.05) is 7.11 Å². The van der Waals surface area contributed by atoms with E-state index < -0.39 is 16.1 Å². The summed E-state index contributed by atoms with van der Waals surface area (Å²) in [5, 5.41) is -4.33. The Kier molecular flexibility index (Phi) is 4.66. The monoisotopic (exact) mass is 346 g/mol. The van der Waals surface area contributed by atoms with Crippen LogP contribution < -0.4 is 0 Å². The predicted molar refractivity (Wildman–Crippen MR) is 62.5 cm³/mol. The molecule has 8 heteroatoms. The SMILES string of the molecule is COC(=O)c1cccc(SC(F)(F)C(F)(F)Br)c1. The summed E-state index contributed by atoms with van der Waals surface area (Å²) in [6.45, 7) is 0. The van der Waals surface area contributed by atoms with Gasteiger partial charge in [0.05, 0.1) is 12.7 Å². The summed E-state index contributed by atoms with van der Waals surface area (Å²) in [5.74, 6) is -0.730. The Morgan fingerprint density at radius 2 is 1.94 bits per heavy atom. The third-order valence-electron chi connectivity index (χ3n) is 1.83. The first-order valence-electron chi connectivity index (χ1n) is 4.49. The van der Waals surface area contributed by atoms with Crippen LogP contribution in [0.4, 0.5) is 17.6 Å². The van der Waals surface area contributed by atoms with Crippen molar-refractivity contribution in [1.29, 1.82) is 0 Å². The van der Waals surface area contributed by atoms with Crippen LogP contribution in [0, 0.1) is 0 Å². The molecule has 0 N–H and O–H groups in total. The summed E-state index contributed by atoms with van der Waals surface area (Å²) in [7, 11) is 1.13. The van der Waals surface area contributed by atoms with E-state index in [1.54, 1.807) is 15.9 Å². The lowest BCUT2D eigenvalue weighted by Crippen LogP contribution is -2.30. The van der Waals surface area contributed by atoms with Crippen molar-refractivity contribution >= 4 is 33.7 Å². The van der Waals surface area contributed by atoms with E-state index >= 15 is 0 Å². The Morgan fingerprint density at radius 3 is 2.44 bits per heavy atom. The standard InChI is InChI=1S/C10H7BrF4O2S/c1-17-8(16)6-3-2-4-7(5-6)18-10(14,15)9(11,12)13/h2-5H,1H3. The van der Waals surface area contributed by atoms with Gasteiger partial charge < -0.3 is 4.74 Å². The molecule has 0 saturated heterocycles. The van der Waals surface area contributed by atoms with Gasteiger partial charge in [0.25, 0.3) is 0 Å². The molecule has 0 atom stereocenters. The molecule has 0 aliphatic heterocycles. The Balaban J connectivity index is 2.96. The maximum atomic E-state index is 13.1. The molecule has 0 amide bonds. The zero-order chi connectivity index (χ0) is 14.0. The summed E-state index contributed by atoms with van der Waals surface area (Å²) >= 11 is 1.28. The molecule has 0 aliphatic carbocycles. The number of hydrogen-bond donors (Lipinski definition) is 0. The van der Waals surface area contributed by atoms with Gasteiger partial charge in [0.15, 0.2) is 0 Å². The highest BCUT2D eigenvalue weighted by atomic mass is 79.9. The van der Waals surface area contributed by atoms with Crippen LogP contribution in [0.1, 0.15) is 10.4 Å². The number of carbonyl (C=O) groups is 1. The van der Waals surface area contributed by atoms with Crippen LogP contribution in [0.5, 0.6) is 0 Å².